The minimum atomic E-state index is -0.566. The van der Waals surface area contributed by atoms with E-state index in [1.807, 2.05) is 75.5 Å². The number of H-pyrrole nitrogens is 1. The number of para-hydroxylation sites is 1. The number of carbonyl (C=O) groups excluding carboxylic acids is 2. The zero-order chi connectivity index (χ0) is 27.8. The van der Waals surface area contributed by atoms with Crippen molar-refractivity contribution in [3.8, 4) is 0 Å². The molecular weight excluding hydrogens is 490 g/mol. The molecule has 202 valence electrons. The molecule has 0 atom stereocenters. The summed E-state index contributed by atoms with van der Waals surface area (Å²) in [6, 6.07) is 17.3. The fourth-order valence-electron chi connectivity index (χ4n) is 5.13. The SMILES string of the molecule is CC(C)(C)OC(=O)N1Cc2cc(NC(=O)c3ccccc3NCc3c[nH]c4ncccc34)ccc2C(C)(C)C1. The van der Waals surface area contributed by atoms with E-state index in [9.17, 15) is 9.59 Å². The highest BCUT2D eigenvalue weighted by Crippen LogP contribution is 2.35. The van der Waals surface area contributed by atoms with E-state index in [4.69, 9.17) is 4.74 Å². The van der Waals surface area contributed by atoms with Gasteiger partial charge < -0.3 is 25.3 Å². The predicted molar refractivity (Wildman–Crippen MR) is 154 cm³/mol. The Kier molecular flexibility index (Phi) is 6.80. The summed E-state index contributed by atoms with van der Waals surface area (Å²) in [5, 5.41) is 7.50. The lowest BCUT2D eigenvalue weighted by Crippen LogP contribution is -2.46. The van der Waals surface area contributed by atoms with E-state index in [0.717, 1.165) is 33.4 Å². The molecule has 0 saturated carbocycles. The summed E-state index contributed by atoms with van der Waals surface area (Å²) >= 11 is 0. The molecule has 8 heteroatoms. The lowest BCUT2D eigenvalue weighted by Gasteiger charge is -2.40. The number of carbonyl (C=O) groups is 2. The predicted octanol–water partition coefficient (Wildman–Crippen LogP) is 6.46. The third-order valence-electron chi connectivity index (χ3n) is 6.87. The summed E-state index contributed by atoms with van der Waals surface area (Å²) in [6.45, 7) is 11.4. The minimum Gasteiger partial charge on any atom is -0.444 e. The third-order valence-corrected chi connectivity index (χ3v) is 6.87. The van der Waals surface area contributed by atoms with Gasteiger partial charge in [-0.2, -0.15) is 0 Å². The van der Waals surface area contributed by atoms with E-state index in [2.05, 4.69) is 34.4 Å². The van der Waals surface area contributed by atoms with Crippen LogP contribution in [0.4, 0.5) is 16.2 Å². The Balaban J connectivity index is 1.33. The van der Waals surface area contributed by atoms with Gasteiger partial charge in [0.1, 0.15) is 11.2 Å². The summed E-state index contributed by atoms with van der Waals surface area (Å²) < 4.78 is 5.63. The maximum absolute atomic E-state index is 13.4. The number of aromatic amines is 1. The number of benzene rings is 2. The second-order valence-corrected chi connectivity index (χ2v) is 11.7. The van der Waals surface area contributed by atoms with Gasteiger partial charge >= 0.3 is 6.09 Å². The summed E-state index contributed by atoms with van der Waals surface area (Å²) in [5.74, 6) is -0.210. The van der Waals surface area contributed by atoms with E-state index in [-0.39, 0.29) is 17.4 Å². The van der Waals surface area contributed by atoms with Crippen LogP contribution in [0.25, 0.3) is 11.0 Å². The smallest absolute Gasteiger partial charge is 0.410 e. The van der Waals surface area contributed by atoms with Crippen molar-refractivity contribution in [2.45, 2.75) is 58.7 Å². The van der Waals surface area contributed by atoms with Crippen LogP contribution in [0, 0.1) is 0 Å². The normalized spacial score (nSPS) is 14.5. The maximum atomic E-state index is 13.4. The standard InChI is InChI=1S/C31H35N5O3/c1-30(2,3)39-29(38)36-18-20-15-22(12-13-25(20)31(4,5)19-36)35-28(37)24-9-6-7-11-26(24)33-16-21-17-34-27-23(21)10-8-14-32-27/h6-15,17,33H,16,18-19H2,1-5H3,(H,32,34)(H,35,37). The molecule has 2 aromatic carbocycles. The van der Waals surface area contributed by atoms with Crippen molar-refractivity contribution in [1.82, 2.24) is 14.9 Å². The molecular formula is C31H35N5O3. The number of pyridine rings is 1. The van der Waals surface area contributed by atoms with Crippen LogP contribution in [-0.4, -0.2) is 39.0 Å². The van der Waals surface area contributed by atoms with Crippen LogP contribution in [0.3, 0.4) is 0 Å². The summed E-state index contributed by atoms with van der Waals surface area (Å²) in [7, 11) is 0. The Morgan fingerprint density at radius 1 is 1.10 bits per heavy atom. The number of nitrogens with zero attached hydrogens (tertiary/aromatic N) is 2. The first-order chi connectivity index (χ1) is 18.5. The highest BCUT2D eigenvalue weighted by molar-refractivity contribution is 6.08. The van der Waals surface area contributed by atoms with Crippen molar-refractivity contribution in [3.05, 3.63) is 89.2 Å². The van der Waals surface area contributed by atoms with E-state index in [1.165, 1.54) is 0 Å². The number of aromatic nitrogens is 2. The Morgan fingerprint density at radius 3 is 2.69 bits per heavy atom. The van der Waals surface area contributed by atoms with Crippen molar-refractivity contribution in [2.75, 3.05) is 17.2 Å². The first kappa shape index (κ1) is 26.3. The van der Waals surface area contributed by atoms with Crippen LogP contribution in [0.1, 0.15) is 61.7 Å². The number of amides is 2. The van der Waals surface area contributed by atoms with Crippen molar-refractivity contribution < 1.29 is 14.3 Å². The molecule has 1 aliphatic heterocycles. The molecule has 0 unspecified atom stereocenters. The Bertz CT molecular complexity index is 1530. The largest absolute Gasteiger partial charge is 0.444 e. The molecule has 3 N–H and O–H groups in total. The van der Waals surface area contributed by atoms with Crippen LogP contribution in [-0.2, 0) is 23.2 Å². The van der Waals surface area contributed by atoms with Crippen molar-refractivity contribution in [3.63, 3.8) is 0 Å². The molecule has 39 heavy (non-hydrogen) atoms. The van der Waals surface area contributed by atoms with Crippen molar-refractivity contribution in [2.24, 2.45) is 0 Å². The number of hydrogen-bond donors (Lipinski definition) is 3. The molecule has 1 aliphatic rings. The maximum Gasteiger partial charge on any atom is 0.410 e. The molecule has 0 bridgehead atoms. The monoisotopic (exact) mass is 525 g/mol. The Morgan fingerprint density at radius 2 is 1.90 bits per heavy atom. The van der Waals surface area contributed by atoms with Gasteiger partial charge in [0, 0.05) is 54.2 Å². The Labute approximate surface area is 228 Å². The molecule has 4 aromatic rings. The van der Waals surface area contributed by atoms with Gasteiger partial charge in [0.2, 0.25) is 0 Å². The summed E-state index contributed by atoms with van der Waals surface area (Å²) in [6.07, 6.45) is 3.36. The van der Waals surface area contributed by atoms with Crippen LogP contribution < -0.4 is 10.6 Å². The molecule has 5 rings (SSSR count). The molecule has 0 aliphatic carbocycles. The quantitative estimate of drug-likeness (QED) is 0.278. The van der Waals surface area contributed by atoms with E-state index >= 15 is 0 Å². The van der Waals surface area contributed by atoms with E-state index in [0.29, 0.717) is 30.9 Å². The van der Waals surface area contributed by atoms with Crippen molar-refractivity contribution in [1.29, 1.82) is 0 Å². The lowest BCUT2D eigenvalue weighted by molar-refractivity contribution is 0.0174. The molecule has 0 radical (unpaired) electrons. The zero-order valence-electron chi connectivity index (χ0n) is 23.1. The minimum absolute atomic E-state index is 0.210. The van der Waals surface area contributed by atoms with Gasteiger partial charge in [-0.15, -0.1) is 0 Å². The second-order valence-electron chi connectivity index (χ2n) is 11.7. The molecule has 0 spiro atoms. The molecule has 3 heterocycles. The van der Waals surface area contributed by atoms with E-state index < -0.39 is 5.60 Å². The number of fused-ring (bicyclic) bond motifs is 2. The zero-order valence-corrected chi connectivity index (χ0v) is 23.1. The molecule has 0 saturated heterocycles. The summed E-state index contributed by atoms with van der Waals surface area (Å²) in [5.41, 5.74) is 5.21. The number of rotatable bonds is 5. The fraction of sp³-hybridized carbons (Fsp3) is 0.323. The fourth-order valence-corrected chi connectivity index (χ4v) is 5.13. The highest BCUT2D eigenvalue weighted by Gasteiger charge is 2.35. The number of nitrogens with one attached hydrogen (secondary N) is 3. The topological polar surface area (TPSA) is 99.4 Å². The number of hydrogen-bond acceptors (Lipinski definition) is 5. The van der Waals surface area contributed by atoms with Gasteiger partial charge in [-0.3, -0.25) is 4.79 Å². The number of anilines is 2. The van der Waals surface area contributed by atoms with Gasteiger partial charge in [-0.25, -0.2) is 9.78 Å². The first-order valence-electron chi connectivity index (χ1n) is 13.2. The second kappa shape index (κ2) is 10.1. The first-order valence-corrected chi connectivity index (χ1v) is 13.2. The summed E-state index contributed by atoms with van der Waals surface area (Å²) in [4.78, 5) is 35.5. The van der Waals surface area contributed by atoms with Gasteiger partial charge in [-0.05, 0) is 73.9 Å². The highest BCUT2D eigenvalue weighted by atomic mass is 16.6. The van der Waals surface area contributed by atoms with Crippen LogP contribution >= 0.6 is 0 Å². The molecule has 2 aromatic heterocycles. The molecule has 2 amide bonds. The van der Waals surface area contributed by atoms with Crippen molar-refractivity contribution >= 4 is 34.4 Å². The Hall–Kier alpha value is -4.33. The lowest BCUT2D eigenvalue weighted by atomic mass is 9.78. The average molecular weight is 526 g/mol. The average Bonchev–Trinajstić information content (AvgIpc) is 3.29. The third kappa shape index (κ3) is 5.74. The van der Waals surface area contributed by atoms with Crippen LogP contribution in [0.5, 0.6) is 0 Å². The molecule has 0 fully saturated rings. The van der Waals surface area contributed by atoms with E-state index in [1.54, 1.807) is 17.2 Å². The van der Waals surface area contributed by atoms with Gasteiger partial charge in [0.05, 0.1) is 5.56 Å². The molecule has 8 nitrogen and oxygen atoms in total. The number of ether oxygens (including phenoxy) is 1. The van der Waals surface area contributed by atoms with Gasteiger partial charge in [0.15, 0.2) is 0 Å². The van der Waals surface area contributed by atoms with Gasteiger partial charge in [0.25, 0.3) is 5.91 Å². The van der Waals surface area contributed by atoms with Crippen LogP contribution in [0.15, 0.2) is 67.0 Å². The van der Waals surface area contributed by atoms with Crippen LogP contribution in [0.2, 0.25) is 0 Å². The van der Waals surface area contributed by atoms with Gasteiger partial charge in [-0.1, -0.05) is 32.0 Å².